The molecule has 0 amide bonds. The smallest absolute Gasteiger partial charge is 0.0991 e. The molecule has 0 aliphatic heterocycles. The lowest BCUT2D eigenvalue weighted by Crippen LogP contribution is -1.66. The van der Waals surface area contributed by atoms with E-state index in [0.717, 1.165) is 0 Å². The van der Waals surface area contributed by atoms with Crippen molar-refractivity contribution in [3.05, 3.63) is 35.9 Å². The molecule has 0 unspecified atom stereocenters. The van der Waals surface area contributed by atoms with E-state index in [1.807, 2.05) is 37.3 Å². The van der Waals surface area contributed by atoms with Crippen molar-refractivity contribution in [2.75, 3.05) is 0 Å². The van der Waals surface area contributed by atoms with Gasteiger partial charge in [-0.3, -0.25) is 0 Å². The third-order valence-corrected chi connectivity index (χ3v) is 1.06. The summed E-state index contributed by atoms with van der Waals surface area (Å²) in [5.74, 6) is 0. The van der Waals surface area contributed by atoms with E-state index in [9.17, 15) is 0 Å². The lowest BCUT2D eigenvalue weighted by molar-refractivity contribution is 1.22. The quantitative estimate of drug-likeness (QED) is 0.644. The highest BCUT2D eigenvalue weighted by Crippen LogP contribution is 1.93. The second kappa shape index (κ2) is 14.2. The summed E-state index contributed by atoms with van der Waals surface area (Å²) in [6.45, 7) is 3.25. The molecule has 1 aromatic rings. The molecule has 0 atom stereocenters. The van der Waals surface area contributed by atoms with Crippen LogP contribution in [0.4, 0.5) is 0 Å². The van der Waals surface area contributed by atoms with Gasteiger partial charge >= 0.3 is 0 Å². The Morgan fingerprint density at radius 1 is 1.07 bits per heavy atom. The summed E-state index contributed by atoms with van der Waals surface area (Å²) >= 11 is 0. The standard InChI is InChI=1S/C7H5N.C3H5N.C2H3N/c8-6-7-4-2-1-3-5-7;1-2-3-4;1-2-3/h1-5H;2H2,1H3;1H3. The van der Waals surface area contributed by atoms with Crippen molar-refractivity contribution < 1.29 is 0 Å². The SMILES string of the molecule is CC#N.CCC#N.N#Cc1ccccc1. The molecule has 0 N–H and O–H groups in total. The average molecular weight is 199 g/mol. The van der Waals surface area contributed by atoms with Crippen LogP contribution >= 0.6 is 0 Å². The molecular weight excluding hydrogens is 186 g/mol. The fraction of sp³-hybridized carbons (Fsp3) is 0.250. The molecule has 76 valence electrons. The Kier molecular flexibility index (Phi) is 14.4. The molecule has 0 aliphatic rings. The van der Waals surface area contributed by atoms with Crippen LogP contribution in [0, 0.1) is 34.0 Å². The van der Waals surface area contributed by atoms with Gasteiger partial charge in [-0.1, -0.05) is 25.1 Å². The molecular formula is C12H13N3. The van der Waals surface area contributed by atoms with Gasteiger partial charge in [0, 0.05) is 13.3 Å². The van der Waals surface area contributed by atoms with E-state index in [2.05, 4.69) is 0 Å². The van der Waals surface area contributed by atoms with Gasteiger partial charge < -0.3 is 0 Å². The van der Waals surface area contributed by atoms with E-state index in [1.165, 1.54) is 6.92 Å². The minimum absolute atomic E-state index is 0.625. The summed E-state index contributed by atoms with van der Waals surface area (Å²) in [6, 6.07) is 14.8. The van der Waals surface area contributed by atoms with E-state index >= 15 is 0 Å². The molecule has 0 aliphatic carbocycles. The third-order valence-electron chi connectivity index (χ3n) is 1.06. The Morgan fingerprint density at radius 3 is 1.67 bits per heavy atom. The molecule has 0 heterocycles. The maximum atomic E-state index is 8.29. The van der Waals surface area contributed by atoms with Crippen LogP contribution in [0.3, 0.4) is 0 Å². The van der Waals surface area contributed by atoms with Crippen molar-refractivity contribution in [2.24, 2.45) is 0 Å². The molecule has 0 saturated carbocycles. The van der Waals surface area contributed by atoms with E-state index in [4.69, 9.17) is 15.8 Å². The first-order valence-corrected chi connectivity index (χ1v) is 4.39. The lowest BCUT2D eigenvalue weighted by Gasteiger charge is -1.80. The van der Waals surface area contributed by atoms with Crippen molar-refractivity contribution in [3.8, 4) is 18.2 Å². The van der Waals surface area contributed by atoms with Crippen molar-refractivity contribution >= 4 is 0 Å². The van der Waals surface area contributed by atoms with Gasteiger partial charge in [-0.15, -0.1) is 0 Å². The molecule has 3 heteroatoms. The molecule has 0 saturated heterocycles. The van der Waals surface area contributed by atoms with Crippen LogP contribution < -0.4 is 0 Å². The number of benzene rings is 1. The number of rotatable bonds is 0. The number of hydrogen-bond donors (Lipinski definition) is 0. The number of hydrogen-bond acceptors (Lipinski definition) is 3. The van der Waals surface area contributed by atoms with Crippen LogP contribution in [0.15, 0.2) is 30.3 Å². The molecule has 0 fully saturated rings. The van der Waals surface area contributed by atoms with E-state index in [1.54, 1.807) is 18.2 Å². The summed E-state index contributed by atoms with van der Waals surface area (Å²) in [5, 5.41) is 23.2. The van der Waals surface area contributed by atoms with Crippen molar-refractivity contribution in [3.63, 3.8) is 0 Å². The highest BCUT2D eigenvalue weighted by atomic mass is 14.2. The van der Waals surface area contributed by atoms with Gasteiger partial charge in [0.2, 0.25) is 0 Å². The maximum Gasteiger partial charge on any atom is 0.0991 e. The first-order valence-electron chi connectivity index (χ1n) is 4.39. The zero-order valence-electron chi connectivity index (χ0n) is 8.94. The first kappa shape index (κ1) is 15.2. The van der Waals surface area contributed by atoms with Crippen LogP contribution in [0.1, 0.15) is 25.8 Å². The van der Waals surface area contributed by atoms with Gasteiger partial charge in [-0.05, 0) is 12.1 Å². The Bertz CT molecular complexity index is 349. The third kappa shape index (κ3) is 14.5. The summed E-state index contributed by atoms with van der Waals surface area (Å²) in [6.07, 6.45) is 0.625. The summed E-state index contributed by atoms with van der Waals surface area (Å²) < 4.78 is 0. The van der Waals surface area contributed by atoms with Crippen LogP contribution in [0.25, 0.3) is 0 Å². The topological polar surface area (TPSA) is 71.4 Å². The molecule has 0 spiro atoms. The number of nitrogens with zero attached hydrogens (tertiary/aromatic N) is 3. The summed E-state index contributed by atoms with van der Waals surface area (Å²) in [5.41, 5.74) is 0.715. The normalized spacial score (nSPS) is 6.07. The highest BCUT2D eigenvalue weighted by Gasteiger charge is 1.79. The van der Waals surface area contributed by atoms with Crippen molar-refractivity contribution in [1.29, 1.82) is 15.8 Å². The van der Waals surface area contributed by atoms with Crippen LogP contribution in [-0.2, 0) is 0 Å². The maximum absolute atomic E-state index is 8.29. The molecule has 1 rings (SSSR count). The van der Waals surface area contributed by atoms with Gasteiger partial charge in [0.05, 0.1) is 23.8 Å². The molecule has 0 radical (unpaired) electrons. The average Bonchev–Trinajstić information content (AvgIpc) is 2.31. The van der Waals surface area contributed by atoms with Gasteiger partial charge in [-0.25, -0.2) is 0 Å². The zero-order valence-corrected chi connectivity index (χ0v) is 8.94. The van der Waals surface area contributed by atoms with Gasteiger partial charge in [0.25, 0.3) is 0 Å². The monoisotopic (exact) mass is 199 g/mol. The van der Waals surface area contributed by atoms with Crippen LogP contribution in [0.5, 0.6) is 0 Å². The fourth-order valence-electron chi connectivity index (χ4n) is 0.513. The minimum atomic E-state index is 0.625. The summed E-state index contributed by atoms with van der Waals surface area (Å²) in [4.78, 5) is 0. The van der Waals surface area contributed by atoms with Crippen LogP contribution in [0.2, 0.25) is 0 Å². The summed E-state index contributed by atoms with van der Waals surface area (Å²) in [7, 11) is 0. The van der Waals surface area contributed by atoms with Crippen molar-refractivity contribution in [1.82, 2.24) is 0 Å². The highest BCUT2D eigenvalue weighted by molar-refractivity contribution is 5.27. The molecule has 1 aromatic carbocycles. The molecule has 0 bridgehead atoms. The minimum Gasteiger partial charge on any atom is -0.199 e. The van der Waals surface area contributed by atoms with E-state index in [-0.39, 0.29) is 0 Å². The Balaban J connectivity index is 0. The number of nitriles is 3. The molecule has 3 nitrogen and oxygen atoms in total. The largest absolute Gasteiger partial charge is 0.199 e. The van der Waals surface area contributed by atoms with Gasteiger partial charge in [-0.2, -0.15) is 15.8 Å². The second-order valence-electron chi connectivity index (χ2n) is 2.21. The van der Waals surface area contributed by atoms with Gasteiger partial charge in [0.1, 0.15) is 0 Å². The predicted octanol–water partition coefficient (Wildman–Crippen LogP) is 3.01. The van der Waals surface area contributed by atoms with Crippen LogP contribution in [-0.4, -0.2) is 0 Å². The Hall–Kier alpha value is -2.31. The fourth-order valence-corrected chi connectivity index (χ4v) is 0.513. The van der Waals surface area contributed by atoms with E-state index in [0.29, 0.717) is 12.0 Å². The first-order chi connectivity index (χ1) is 7.26. The van der Waals surface area contributed by atoms with Gasteiger partial charge in [0.15, 0.2) is 0 Å². The second-order valence-corrected chi connectivity index (χ2v) is 2.21. The molecule has 15 heavy (non-hydrogen) atoms. The molecule has 0 aromatic heterocycles. The predicted molar refractivity (Wildman–Crippen MR) is 58.3 cm³/mol. The lowest BCUT2D eigenvalue weighted by atomic mass is 10.2. The Labute approximate surface area is 90.8 Å². The zero-order chi connectivity index (χ0) is 11.9. The Morgan fingerprint density at radius 2 is 1.47 bits per heavy atom. The van der Waals surface area contributed by atoms with E-state index < -0.39 is 0 Å². The van der Waals surface area contributed by atoms with Crippen molar-refractivity contribution in [2.45, 2.75) is 20.3 Å².